The van der Waals surface area contributed by atoms with Gasteiger partial charge in [-0.25, -0.2) is 26.8 Å². The molecule has 0 radical (unpaired) electrons. The van der Waals surface area contributed by atoms with E-state index in [-0.39, 0.29) is 91.9 Å². The zero-order valence-corrected chi connectivity index (χ0v) is 29.7. The van der Waals surface area contributed by atoms with Crippen LogP contribution in [0.4, 0.5) is 17.6 Å². The largest absolute Gasteiger partial charge is 1.00 e. The Bertz CT molecular complexity index is 1780. The number of anilines is 3. The molecule has 1 atom stereocenters. The number of allylic oxidation sites excluding steroid dienone is 2. The van der Waals surface area contributed by atoms with Crippen molar-refractivity contribution >= 4 is 87.5 Å². The molecule has 200 valence electrons. The SMILES string of the molecule is O=S(=O)([O-])C1(S(=O)(=O)[O-])C=C(Nc2nc(S)cc(=S)[nH]2)C=CC1c1ccc(Nc2nc(S)cc(=S)[nH]2)cc1.[Na+].[Na+]. The van der Waals surface area contributed by atoms with E-state index in [0.717, 1.165) is 6.08 Å². The Morgan fingerprint density at radius 3 is 1.77 bits per heavy atom. The summed E-state index contributed by atoms with van der Waals surface area (Å²) in [7, 11) is -11.6. The molecule has 40 heavy (non-hydrogen) atoms. The average Bonchev–Trinajstić information content (AvgIpc) is 2.77. The van der Waals surface area contributed by atoms with Gasteiger partial charge in [0.25, 0.3) is 0 Å². The fourth-order valence-electron chi connectivity index (χ4n) is 3.75. The van der Waals surface area contributed by atoms with Crippen LogP contribution in [-0.2, 0) is 20.2 Å². The summed E-state index contributed by atoms with van der Waals surface area (Å²) in [5, 5.41) is 6.13. The molecule has 0 bridgehead atoms. The molecule has 4 rings (SSSR count). The van der Waals surface area contributed by atoms with Crippen LogP contribution < -0.4 is 69.7 Å². The first-order valence-electron chi connectivity index (χ1n) is 10.2. The van der Waals surface area contributed by atoms with Gasteiger partial charge in [0.05, 0.1) is 10.1 Å². The van der Waals surface area contributed by atoms with Crippen LogP contribution in [-0.4, -0.2) is 50.0 Å². The minimum Gasteiger partial charge on any atom is -0.746 e. The van der Waals surface area contributed by atoms with E-state index in [9.17, 15) is 25.9 Å². The molecule has 1 aliphatic rings. The first kappa shape index (κ1) is 35.6. The standard InChI is InChI=1S/C20H18N6O6S6.2Na/c27-37(28,29)20(38(30,31)32)9-12(22-19-25-16(35)8-17(36)26-19)5-6-13(20)10-1-3-11(4-2-10)21-18-23-14(33)7-15(34)24-18;;/h1-9,13H,(H,27,28,29)(H,30,31,32)(H3,21,23,24,33,34)(H3,22,25,26,35,36);;/q;2*+1/p-2. The predicted molar refractivity (Wildman–Crippen MR) is 149 cm³/mol. The molecule has 12 nitrogen and oxygen atoms in total. The molecule has 0 fully saturated rings. The molecule has 2 heterocycles. The topological polar surface area (TPSA) is 196 Å². The third-order valence-corrected chi connectivity index (χ3v) is 9.72. The number of benzene rings is 1. The Balaban J connectivity index is 0.00000280. The summed E-state index contributed by atoms with van der Waals surface area (Å²) in [6.07, 6.45) is 3.02. The first-order chi connectivity index (χ1) is 17.7. The first-order valence-corrected chi connectivity index (χ1v) is 14.8. The second-order valence-corrected chi connectivity index (χ2v) is 13.1. The second kappa shape index (κ2) is 13.8. The van der Waals surface area contributed by atoms with Crippen LogP contribution in [0, 0.1) is 9.28 Å². The maximum Gasteiger partial charge on any atom is 1.00 e. The van der Waals surface area contributed by atoms with Crippen LogP contribution >= 0.6 is 49.7 Å². The molecule has 1 aliphatic carbocycles. The Morgan fingerprint density at radius 2 is 1.32 bits per heavy atom. The maximum absolute atomic E-state index is 12.5. The summed E-state index contributed by atoms with van der Waals surface area (Å²) in [6, 6.07) is 8.66. The van der Waals surface area contributed by atoms with Crippen LogP contribution in [0.15, 0.2) is 70.4 Å². The molecular formula is C20H16N6Na2O6S6. The summed E-state index contributed by atoms with van der Waals surface area (Å²) in [6.45, 7) is 0. The Hall–Kier alpha value is -0.580. The maximum atomic E-state index is 12.5. The summed E-state index contributed by atoms with van der Waals surface area (Å²) in [4.78, 5) is 13.6. The fraction of sp³-hybridized carbons (Fsp3) is 0.100. The monoisotopic (exact) mass is 674 g/mol. The van der Waals surface area contributed by atoms with Gasteiger partial charge in [0, 0.05) is 29.4 Å². The van der Waals surface area contributed by atoms with Crippen molar-refractivity contribution in [1.82, 2.24) is 19.9 Å². The van der Waals surface area contributed by atoms with Gasteiger partial charge in [-0.3, -0.25) is 0 Å². The van der Waals surface area contributed by atoms with E-state index in [1.54, 1.807) is 0 Å². The van der Waals surface area contributed by atoms with Crippen molar-refractivity contribution in [2.45, 2.75) is 20.0 Å². The summed E-state index contributed by atoms with van der Waals surface area (Å²) >= 11 is 18.4. The summed E-state index contributed by atoms with van der Waals surface area (Å²) < 4.78 is 72.1. The Kier molecular flexibility index (Phi) is 12.3. The Morgan fingerprint density at radius 1 is 0.850 bits per heavy atom. The predicted octanol–water partition coefficient (Wildman–Crippen LogP) is -2.64. The fourth-order valence-corrected chi connectivity index (χ4v) is 7.39. The van der Waals surface area contributed by atoms with Crippen molar-refractivity contribution in [3.8, 4) is 0 Å². The van der Waals surface area contributed by atoms with Crippen molar-refractivity contribution in [3.05, 3.63) is 75.2 Å². The van der Waals surface area contributed by atoms with Gasteiger partial charge >= 0.3 is 59.1 Å². The van der Waals surface area contributed by atoms with Crippen LogP contribution in [0.25, 0.3) is 0 Å². The van der Waals surface area contributed by atoms with Gasteiger partial charge in [0.2, 0.25) is 11.9 Å². The molecular weight excluding hydrogens is 659 g/mol. The third kappa shape index (κ3) is 7.87. The van der Waals surface area contributed by atoms with Crippen LogP contribution in [0.2, 0.25) is 0 Å². The molecule has 20 heteroatoms. The minimum atomic E-state index is -5.79. The van der Waals surface area contributed by atoms with E-state index >= 15 is 0 Å². The quantitative estimate of drug-likeness (QED) is 0.0502. The number of rotatable bonds is 7. The van der Waals surface area contributed by atoms with Gasteiger partial charge in [-0.2, -0.15) is 0 Å². The van der Waals surface area contributed by atoms with E-state index in [2.05, 4.69) is 55.8 Å². The van der Waals surface area contributed by atoms with E-state index in [1.807, 2.05) is 0 Å². The number of nitrogens with zero attached hydrogens (tertiary/aromatic N) is 2. The van der Waals surface area contributed by atoms with Gasteiger partial charge in [-0.15, -0.1) is 25.3 Å². The number of thiol groups is 2. The van der Waals surface area contributed by atoms with E-state index in [4.69, 9.17) is 24.4 Å². The molecule has 0 saturated heterocycles. The van der Waals surface area contributed by atoms with Gasteiger partial charge in [-0.05, 0) is 29.8 Å². The van der Waals surface area contributed by atoms with Crippen molar-refractivity contribution in [2.24, 2.45) is 0 Å². The van der Waals surface area contributed by atoms with Gasteiger partial charge in [0.15, 0.2) is 4.08 Å². The number of aromatic amines is 2. The average molecular weight is 675 g/mol. The molecule has 2 aromatic heterocycles. The molecule has 4 N–H and O–H groups in total. The molecule has 1 unspecified atom stereocenters. The molecule has 1 aromatic carbocycles. The van der Waals surface area contributed by atoms with Crippen molar-refractivity contribution in [3.63, 3.8) is 0 Å². The Labute approximate surface area is 294 Å². The zero-order valence-electron chi connectivity index (χ0n) is 20.6. The normalized spacial score (nSPS) is 16.2. The van der Waals surface area contributed by atoms with E-state index in [0.29, 0.717) is 21.4 Å². The van der Waals surface area contributed by atoms with Crippen molar-refractivity contribution in [1.29, 1.82) is 0 Å². The molecule has 0 spiro atoms. The van der Waals surface area contributed by atoms with Gasteiger partial charge in [0.1, 0.15) is 29.5 Å². The van der Waals surface area contributed by atoms with Crippen molar-refractivity contribution < 1.29 is 85.1 Å². The summed E-state index contributed by atoms with van der Waals surface area (Å²) in [5.41, 5.74) is 0.333. The van der Waals surface area contributed by atoms with Crippen LogP contribution in [0.5, 0.6) is 0 Å². The van der Waals surface area contributed by atoms with Crippen molar-refractivity contribution in [2.75, 3.05) is 10.6 Å². The zero-order chi connectivity index (χ0) is 27.9. The molecule has 3 aromatic rings. The molecule has 0 saturated carbocycles. The third-order valence-electron chi connectivity index (χ3n) is 5.29. The molecule has 0 amide bonds. The van der Waals surface area contributed by atoms with Crippen LogP contribution in [0.1, 0.15) is 11.5 Å². The molecule has 0 aliphatic heterocycles. The number of H-pyrrole nitrogens is 2. The minimum absolute atomic E-state index is 0. The van der Waals surface area contributed by atoms with Gasteiger partial charge in [-0.1, -0.05) is 42.6 Å². The van der Waals surface area contributed by atoms with E-state index in [1.165, 1.54) is 42.5 Å². The summed E-state index contributed by atoms with van der Waals surface area (Å²) in [5.74, 6) is -1.42. The van der Waals surface area contributed by atoms with Gasteiger partial charge < -0.3 is 29.7 Å². The van der Waals surface area contributed by atoms with Crippen LogP contribution in [0.3, 0.4) is 0 Å². The number of hydrogen-bond donors (Lipinski definition) is 6. The number of aromatic nitrogens is 4. The number of nitrogens with one attached hydrogen (secondary N) is 4. The number of hydrogen-bond acceptors (Lipinski definition) is 14. The van der Waals surface area contributed by atoms with E-state index < -0.39 is 30.2 Å². The second-order valence-electron chi connectivity index (χ2n) is 7.84. The smallest absolute Gasteiger partial charge is 0.746 e.